The number of benzene rings is 3. The van der Waals surface area contributed by atoms with Gasteiger partial charge in [-0.05, 0) is 60.5 Å². The minimum Gasteiger partial charge on any atom is -0.454 e. The molecular formula is C26H21ClN4O5. The molecule has 10 heteroatoms. The van der Waals surface area contributed by atoms with Gasteiger partial charge in [0.15, 0.2) is 11.5 Å². The number of nitrogens with zero attached hydrogens (tertiary/aromatic N) is 1. The highest BCUT2D eigenvalue weighted by Gasteiger charge is 2.22. The summed E-state index contributed by atoms with van der Waals surface area (Å²) in [5, 5.41) is 6.51. The second-order valence-electron chi connectivity index (χ2n) is 8.15. The molecule has 1 aliphatic rings. The van der Waals surface area contributed by atoms with Gasteiger partial charge in [-0.3, -0.25) is 19.8 Å². The van der Waals surface area contributed by atoms with Crippen molar-refractivity contribution in [3.05, 3.63) is 88.6 Å². The first-order chi connectivity index (χ1) is 17.4. The fourth-order valence-corrected chi connectivity index (χ4v) is 4.02. The molecule has 0 aliphatic carbocycles. The quantitative estimate of drug-likeness (QED) is 0.356. The first-order valence-electron chi connectivity index (χ1n) is 11.0. The summed E-state index contributed by atoms with van der Waals surface area (Å²) in [4.78, 5) is 38.5. The van der Waals surface area contributed by atoms with Crippen molar-refractivity contribution >= 4 is 45.9 Å². The van der Waals surface area contributed by atoms with E-state index in [1.54, 1.807) is 48.5 Å². The molecule has 0 spiro atoms. The minimum atomic E-state index is -0.937. The Morgan fingerprint density at radius 2 is 1.75 bits per heavy atom. The van der Waals surface area contributed by atoms with E-state index >= 15 is 0 Å². The van der Waals surface area contributed by atoms with Crippen LogP contribution in [0, 0.1) is 6.92 Å². The van der Waals surface area contributed by atoms with Crippen LogP contribution in [0.15, 0.2) is 66.7 Å². The second kappa shape index (κ2) is 9.63. The van der Waals surface area contributed by atoms with Gasteiger partial charge in [0.2, 0.25) is 6.79 Å². The number of fused-ring (bicyclic) bond motifs is 2. The molecule has 9 nitrogen and oxygen atoms in total. The monoisotopic (exact) mass is 504 g/mol. The lowest BCUT2D eigenvalue weighted by atomic mass is 10.2. The summed E-state index contributed by atoms with van der Waals surface area (Å²) in [5.74, 6) is -1.06. The van der Waals surface area contributed by atoms with Crippen LogP contribution in [0.2, 0.25) is 5.02 Å². The molecule has 1 aliphatic heterocycles. The third-order valence-corrected chi connectivity index (χ3v) is 5.93. The molecule has 0 radical (unpaired) electrons. The van der Waals surface area contributed by atoms with Crippen molar-refractivity contribution in [3.63, 3.8) is 0 Å². The summed E-state index contributed by atoms with van der Waals surface area (Å²) < 4.78 is 11.9. The number of aryl methyl sites for hydroxylation is 1. The molecule has 2 heterocycles. The minimum absolute atomic E-state index is 0.103. The maximum absolute atomic E-state index is 13.2. The van der Waals surface area contributed by atoms with E-state index in [1.807, 2.05) is 25.1 Å². The Kier molecular flexibility index (Phi) is 6.22. The Balaban J connectivity index is 1.35. The normalized spacial score (nSPS) is 11.8. The average Bonchev–Trinajstić information content (AvgIpc) is 3.48. The number of hydrogen-bond acceptors (Lipinski definition) is 5. The molecule has 36 heavy (non-hydrogen) atoms. The van der Waals surface area contributed by atoms with E-state index in [1.165, 1.54) is 4.68 Å². The van der Waals surface area contributed by atoms with E-state index in [0.717, 1.165) is 11.1 Å². The van der Waals surface area contributed by atoms with Crippen LogP contribution >= 0.6 is 11.6 Å². The Bertz CT molecular complexity index is 1510. The van der Waals surface area contributed by atoms with Crippen LogP contribution in [0.25, 0.3) is 10.9 Å². The van der Waals surface area contributed by atoms with Gasteiger partial charge in [0.1, 0.15) is 5.69 Å². The zero-order chi connectivity index (χ0) is 25.2. The molecule has 1 aromatic heterocycles. The zero-order valence-electron chi connectivity index (χ0n) is 19.1. The predicted octanol–water partition coefficient (Wildman–Crippen LogP) is 3.97. The Labute approximate surface area is 210 Å². The summed E-state index contributed by atoms with van der Waals surface area (Å²) in [6.07, 6.45) is 0. The van der Waals surface area contributed by atoms with Gasteiger partial charge in [-0.15, -0.1) is 0 Å². The summed E-state index contributed by atoms with van der Waals surface area (Å²) in [6, 6.07) is 19.1. The highest BCUT2D eigenvalue weighted by Crippen LogP contribution is 2.32. The van der Waals surface area contributed by atoms with Crippen molar-refractivity contribution in [2.45, 2.75) is 13.5 Å². The topological polar surface area (TPSA) is 111 Å². The highest BCUT2D eigenvalue weighted by atomic mass is 35.5. The average molecular weight is 505 g/mol. The van der Waals surface area contributed by atoms with Crippen LogP contribution in [-0.4, -0.2) is 29.2 Å². The zero-order valence-corrected chi connectivity index (χ0v) is 19.9. The van der Waals surface area contributed by atoms with Gasteiger partial charge < -0.3 is 20.1 Å². The number of ether oxygens (including phenoxy) is 2. The van der Waals surface area contributed by atoms with Gasteiger partial charge in [0, 0.05) is 22.6 Å². The molecule has 3 N–H and O–H groups in total. The highest BCUT2D eigenvalue weighted by molar-refractivity contribution is 6.38. The predicted molar refractivity (Wildman–Crippen MR) is 135 cm³/mol. The number of amides is 3. The Morgan fingerprint density at radius 1 is 0.944 bits per heavy atom. The van der Waals surface area contributed by atoms with Crippen LogP contribution in [0.5, 0.6) is 11.5 Å². The maximum atomic E-state index is 13.2. The molecule has 4 aromatic rings. The van der Waals surface area contributed by atoms with Crippen molar-refractivity contribution in [1.82, 2.24) is 9.99 Å². The van der Waals surface area contributed by atoms with Crippen LogP contribution in [0.3, 0.4) is 0 Å². The van der Waals surface area contributed by atoms with E-state index in [9.17, 15) is 14.4 Å². The van der Waals surface area contributed by atoms with E-state index in [2.05, 4.69) is 16.1 Å². The third-order valence-electron chi connectivity index (χ3n) is 5.70. The number of para-hydroxylation sites is 1. The molecule has 0 bridgehead atoms. The first-order valence-corrected chi connectivity index (χ1v) is 11.4. The molecule has 0 fully saturated rings. The van der Waals surface area contributed by atoms with E-state index in [4.69, 9.17) is 21.1 Å². The van der Waals surface area contributed by atoms with E-state index in [0.29, 0.717) is 33.1 Å². The van der Waals surface area contributed by atoms with Crippen molar-refractivity contribution in [3.8, 4) is 11.5 Å². The number of nitrogens with one attached hydrogen (secondary N) is 3. The number of rotatable bonds is 5. The second-order valence-corrected chi connectivity index (χ2v) is 8.58. The van der Waals surface area contributed by atoms with Gasteiger partial charge in [-0.2, -0.15) is 0 Å². The Morgan fingerprint density at radius 3 is 2.58 bits per heavy atom. The number of carbonyl (C=O) groups excluding carboxylic acids is 3. The SMILES string of the molecule is Cc1ccccc1NC(=O)c1cc2cc(Cl)ccc2n1NC(=O)C(=O)NCc1ccc2c(c1)OCO2. The first kappa shape index (κ1) is 23.3. The van der Waals surface area contributed by atoms with Gasteiger partial charge in [0.25, 0.3) is 5.91 Å². The van der Waals surface area contributed by atoms with E-state index < -0.39 is 17.7 Å². The molecule has 0 atom stereocenters. The van der Waals surface area contributed by atoms with Crippen molar-refractivity contribution < 1.29 is 23.9 Å². The number of halogens is 1. The largest absolute Gasteiger partial charge is 0.454 e. The molecule has 0 saturated heterocycles. The van der Waals surface area contributed by atoms with Crippen LogP contribution in [0.1, 0.15) is 21.6 Å². The number of carbonyl (C=O) groups is 3. The van der Waals surface area contributed by atoms with Crippen LogP contribution in [-0.2, 0) is 16.1 Å². The lowest BCUT2D eigenvalue weighted by Gasteiger charge is -2.13. The van der Waals surface area contributed by atoms with Gasteiger partial charge >= 0.3 is 11.8 Å². The fraction of sp³-hybridized carbons (Fsp3) is 0.115. The van der Waals surface area contributed by atoms with Gasteiger partial charge in [-0.1, -0.05) is 35.9 Å². The maximum Gasteiger partial charge on any atom is 0.328 e. The summed E-state index contributed by atoms with van der Waals surface area (Å²) in [7, 11) is 0. The number of hydrogen-bond donors (Lipinski definition) is 3. The third kappa shape index (κ3) is 4.69. The molecule has 3 amide bonds. The smallest absolute Gasteiger partial charge is 0.328 e. The number of aromatic nitrogens is 1. The molecule has 3 aromatic carbocycles. The Hall–Kier alpha value is -4.50. The summed E-state index contributed by atoms with van der Waals surface area (Å²) in [6.45, 7) is 2.12. The molecule has 182 valence electrons. The standard InChI is InChI=1S/C26H21ClN4O5/c1-15-4-2-3-5-19(15)29-24(32)21-12-17-11-18(27)7-8-20(17)31(21)30-26(34)25(33)28-13-16-6-9-22-23(10-16)36-14-35-22/h2-12H,13-14H2,1H3,(H,28,33)(H,29,32)(H,30,34). The van der Waals surface area contributed by atoms with Crippen LogP contribution < -0.4 is 25.5 Å². The van der Waals surface area contributed by atoms with Gasteiger partial charge in [0.05, 0.1) is 5.52 Å². The lowest BCUT2D eigenvalue weighted by molar-refractivity contribution is -0.136. The van der Waals surface area contributed by atoms with Crippen molar-refractivity contribution in [1.29, 1.82) is 0 Å². The van der Waals surface area contributed by atoms with Crippen LogP contribution in [0.4, 0.5) is 5.69 Å². The fourth-order valence-electron chi connectivity index (χ4n) is 3.84. The molecule has 0 saturated carbocycles. The van der Waals surface area contributed by atoms with Crippen molar-refractivity contribution in [2.75, 3.05) is 17.5 Å². The summed E-state index contributed by atoms with van der Waals surface area (Å²) in [5.41, 5.74) is 5.41. The molecule has 0 unspecified atom stereocenters. The summed E-state index contributed by atoms with van der Waals surface area (Å²) >= 11 is 6.12. The number of anilines is 1. The van der Waals surface area contributed by atoms with E-state index in [-0.39, 0.29) is 19.0 Å². The molecule has 5 rings (SSSR count). The van der Waals surface area contributed by atoms with Gasteiger partial charge in [-0.25, -0.2) is 4.68 Å². The lowest BCUT2D eigenvalue weighted by Crippen LogP contribution is -2.39. The molecular weight excluding hydrogens is 484 g/mol. The van der Waals surface area contributed by atoms with Crippen molar-refractivity contribution in [2.24, 2.45) is 0 Å².